The number of hydrogen-bond donors (Lipinski definition) is 1. The van der Waals surface area contributed by atoms with Crippen molar-refractivity contribution in [1.29, 1.82) is 5.26 Å². The van der Waals surface area contributed by atoms with E-state index in [1.807, 2.05) is 30.3 Å². The molecular formula is C29H29N7O3. The molecule has 4 heterocycles. The van der Waals surface area contributed by atoms with Gasteiger partial charge < -0.3 is 10.2 Å². The Morgan fingerprint density at radius 3 is 2.38 bits per heavy atom. The Kier molecular flexibility index (Phi) is 7.14. The quantitative estimate of drug-likeness (QED) is 0.316. The lowest BCUT2D eigenvalue weighted by Crippen LogP contribution is -2.30. The largest absolute Gasteiger partial charge is 0.356 e. The molecule has 0 bridgehead atoms. The SMILES string of the molecule is Cc1c(NC(=O)C(C#N)=Cc2c(N3CCCCCC3)nc3ccccn3c2=O)c(=O)n(-c2ccccc2)n1C. The second-order valence-electron chi connectivity index (χ2n) is 9.54. The Morgan fingerprint density at radius 2 is 1.69 bits per heavy atom. The van der Waals surface area contributed by atoms with Crippen molar-refractivity contribution in [2.75, 3.05) is 23.3 Å². The van der Waals surface area contributed by atoms with Gasteiger partial charge in [0, 0.05) is 26.3 Å². The molecule has 1 N–H and O–H groups in total. The molecule has 4 aromatic rings. The highest BCUT2D eigenvalue weighted by molar-refractivity contribution is 6.10. The average molecular weight is 524 g/mol. The molecule has 5 rings (SSSR count). The monoisotopic (exact) mass is 523 g/mol. The van der Waals surface area contributed by atoms with Gasteiger partial charge in [-0.2, -0.15) is 5.26 Å². The molecule has 1 aromatic carbocycles. The molecule has 10 heteroatoms. The highest BCUT2D eigenvalue weighted by Crippen LogP contribution is 2.23. The molecule has 0 radical (unpaired) electrons. The van der Waals surface area contributed by atoms with E-state index in [-0.39, 0.29) is 22.4 Å². The third-order valence-corrected chi connectivity index (χ3v) is 7.10. The predicted octanol–water partition coefficient (Wildman–Crippen LogP) is 3.42. The summed E-state index contributed by atoms with van der Waals surface area (Å²) in [6, 6.07) is 16.3. The number of nitrogens with one attached hydrogen (secondary N) is 1. The standard InChI is InChI=1S/C29H29N7O3/c1-20-25(29(39)36(33(20)2)22-12-6-5-7-13-22)32-27(37)21(19-30)18-23-26(34-15-9-3-4-10-16-34)31-24-14-8-11-17-35(24)28(23)38/h5-8,11-14,17-18H,3-4,9-10,15-16H2,1-2H3,(H,32,37). The summed E-state index contributed by atoms with van der Waals surface area (Å²) < 4.78 is 4.48. The predicted molar refractivity (Wildman–Crippen MR) is 150 cm³/mol. The zero-order valence-corrected chi connectivity index (χ0v) is 21.9. The van der Waals surface area contributed by atoms with Crippen LogP contribution in [0.4, 0.5) is 11.5 Å². The number of nitriles is 1. The number of hydrogen-bond acceptors (Lipinski definition) is 6. The molecule has 39 heavy (non-hydrogen) atoms. The maximum atomic E-state index is 13.6. The van der Waals surface area contributed by atoms with E-state index >= 15 is 0 Å². The molecule has 0 atom stereocenters. The van der Waals surface area contributed by atoms with Crippen LogP contribution in [0.15, 0.2) is 69.9 Å². The summed E-state index contributed by atoms with van der Waals surface area (Å²) in [7, 11) is 1.72. The molecule has 3 aromatic heterocycles. The van der Waals surface area contributed by atoms with Gasteiger partial charge in [0.05, 0.1) is 16.9 Å². The Balaban J connectivity index is 1.57. The highest BCUT2D eigenvalue weighted by Gasteiger charge is 2.23. The topological polar surface area (TPSA) is 117 Å². The fourth-order valence-electron chi connectivity index (χ4n) is 4.93. The van der Waals surface area contributed by atoms with Gasteiger partial charge >= 0.3 is 0 Å². The molecule has 0 unspecified atom stereocenters. The second kappa shape index (κ2) is 10.8. The van der Waals surface area contributed by atoms with E-state index in [0.717, 1.165) is 38.8 Å². The van der Waals surface area contributed by atoms with Gasteiger partial charge in [-0.05, 0) is 50.1 Å². The molecule has 1 aliphatic heterocycles. The van der Waals surface area contributed by atoms with Crippen LogP contribution in [0.2, 0.25) is 0 Å². The number of para-hydroxylation sites is 1. The molecule has 1 aliphatic rings. The molecule has 0 aliphatic carbocycles. The van der Waals surface area contributed by atoms with Crippen LogP contribution >= 0.6 is 0 Å². The Labute approximate surface area is 225 Å². The number of carbonyl (C=O) groups is 1. The second-order valence-corrected chi connectivity index (χ2v) is 9.54. The molecule has 0 saturated carbocycles. The minimum Gasteiger partial charge on any atom is -0.356 e. The molecule has 1 saturated heterocycles. The van der Waals surface area contributed by atoms with Crippen LogP contribution < -0.4 is 21.3 Å². The smallest absolute Gasteiger partial charge is 0.295 e. The van der Waals surface area contributed by atoms with Gasteiger partial charge in [0.2, 0.25) is 0 Å². The van der Waals surface area contributed by atoms with E-state index in [4.69, 9.17) is 4.98 Å². The normalized spacial score (nSPS) is 14.2. The third-order valence-electron chi connectivity index (χ3n) is 7.10. The van der Waals surface area contributed by atoms with Gasteiger partial charge in [-0.3, -0.25) is 23.5 Å². The van der Waals surface area contributed by atoms with Crippen molar-refractivity contribution < 1.29 is 4.79 Å². The number of nitrogens with zero attached hydrogens (tertiary/aromatic N) is 6. The lowest BCUT2D eigenvalue weighted by Gasteiger charge is -2.23. The minimum absolute atomic E-state index is 0.0635. The van der Waals surface area contributed by atoms with E-state index in [1.165, 1.54) is 15.2 Å². The van der Waals surface area contributed by atoms with Crippen LogP contribution in [-0.2, 0) is 11.8 Å². The summed E-state index contributed by atoms with van der Waals surface area (Å²) in [5.74, 6) is -0.320. The number of aromatic nitrogens is 4. The van der Waals surface area contributed by atoms with Crippen molar-refractivity contribution in [2.45, 2.75) is 32.6 Å². The summed E-state index contributed by atoms with van der Waals surface area (Å²) in [6.07, 6.45) is 7.02. The van der Waals surface area contributed by atoms with Crippen LogP contribution in [0, 0.1) is 18.3 Å². The summed E-state index contributed by atoms with van der Waals surface area (Å²) >= 11 is 0. The summed E-state index contributed by atoms with van der Waals surface area (Å²) in [5.41, 5.74) is 0.784. The molecule has 1 amide bonds. The summed E-state index contributed by atoms with van der Waals surface area (Å²) in [5, 5.41) is 12.6. The van der Waals surface area contributed by atoms with E-state index < -0.39 is 11.5 Å². The Bertz CT molecular complexity index is 1730. The van der Waals surface area contributed by atoms with Gasteiger partial charge in [-0.1, -0.05) is 37.1 Å². The zero-order chi connectivity index (χ0) is 27.5. The van der Waals surface area contributed by atoms with Crippen LogP contribution in [0.3, 0.4) is 0 Å². The number of pyridine rings is 1. The van der Waals surface area contributed by atoms with Crippen LogP contribution in [0.5, 0.6) is 0 Å². The molecule has 1 fully saturated rings. The maximum Gasteiger partial charge on any atom is 0.295 e. The van der Waals surface area contributed by atoms with Crippen molar-refractivity contribution in [3.05, 3.63) is 92.3 Å². The lowest BCUT2D eigenvalue weighted by molar-refractivity contribution is -0.112. The first-order valence-electron chi connectivity index (χ1n) is 12.9. The number of amides is 1. The fourth-order valence-corrected chi connectivity index (χ4v) is 4.93. The number of carbonyl (C=O) groups excluding carboxylic acids is 1. The number of anilines is 2. The van der Waals surface area contributed by atoms with Crippen molar-refractivity contribution in [3.63, 3.8) is 0 Å². The average Bonchev–Trinajstić information content (AvgIpc) is 3.14. The van der Waals surface area contributed by atoms with Crippen LogP contribution in [-0.4, -0.2) is 37.7 Å². The van der Waals surface area contributed by atoms with Gasteiger partial charge in [0.25, 0.3) is 17.0 Å². The van der Waals surface area contributed by atoms with Gasteiger partial charge in [-0.25, -0.2) is 9.67 Å². The first-order chi connectivity index (χ1) is 18.9. The Hall–Kier alpha value is -4.91. The first-order valence-corrected chi connectivity index (χ1v) is 12.9. The van der Waals surface area contributed by atoms with E-state index in [9.17, 15) is 19.6 Å². The molecule has 198 valence electrons. The van der Waals surface area contributed by atoms with E-state index in [1.54, 1.807) is 49.1 Å². The maximum absolute atomic E-state index is 13.6. The molecule has 10 nitrogen and oxygen atoms in total. The molecule has 0 spiro atoms. The zero-order valence-electron chi connectivity index (χ0n) is 21.9. The summed E-state index contributed by atoms with van der Waals surface area (Å²) in [6.45, 7) is 3.17. The lowest BCUT2D eigenvalue weighted by atomic mass is 10.1. The van der Waals surface area contributed by atoms with Crippen LogP contribution in [0.25, 0.3) is 17.4 Å². The first kappa shape index (κ1) is 25.7. The van der Waals surface area contributed by atoms with Crippen LogP contribution in [0.1, 0.15) is 36.9 Å². The number of fused-ring (bicyclic) bond motifs is 1. The van der Waals surface area contributed by atoms with Crippen molar-refractivity contribution >= 4 is 29.1 Å². The number of rotatable bonds is 5. The van der Waals surface area contributed by atoms with Gasteiger partial charge in [0.15, 0.2) is 0 Å². The minimum atomic E-state index is -0.775. The highest BCUT2D eigenvalue weighted by atomic mass is 16.2. The van der Waals surface area contributed by atoms with Crippen molar-refractivity contribution in [3.8, 4) is 11.8 Å². The Morgan fingerprint density at radius 1 is 1.00 bits per heavy atom. The van der Waals surface area contributed by atoms with Crippen molar-refractivity contribution in [1.82, 2.24) is 18.7 Å². The summed E-state index contributed by atoms with van der Waals surface area (Å²) in [4.78, 5) is 47.0. The van der Waals surface area contributed by atoms with Crippen molar-refractivity contribution in [2.24, 2.45) is 7.05 Å². The van der Waals surface area contributed by atoms with Gasteiger partial charge in [-0.15, -0.1) is 0 Å². The third kappa shape index (κ3) is 4.86. The fraction of sp³-hybridized carbons (Fsp3) is 0.276. The van der Waals surface area contributed by atoms with E-state index in [0.29, 0.717) is 22.8 Å². The molecular weight excluding hydrogens is 494 g/mol. The van der Waals surface area contributed by atoms with Gasteiger partial charge in [0.1, 0.15) is 28.8 Å². The van der Waals surface area contributed by atoms with E-state index in [2.05, 4.69) is 10.2 Å². The number of benzene rings is 1.